The van der Waals surface area contributed by atoms with Crippen molar-refractivity contribution in [3.63, 3.8) is 0 Å². The van der Waals surface area contributed by atoms with Gasteiger partial charge in [0.25, 0.3) is 0 Å². The van der Waals surface area contributed by atoms with Gasteiger partial charge in [0, 0.05) is 31.9 Å². The molecule has 0 saturated carbocycles. The Morgan fingerprint density at radius 1 is 0.885 bits per heavy atom. The van der Waals surface area contributed by atoms with Gasteiger partial charge in [0.1, 0.15) is 0 Å². The first-order valence-corrected chi connectivity index (χ1v) is 9.90. The molecule has 0 bridgehead atoms. The van der Waals surface area contributed by atoms with Gasteiger partial charge in [-0.05, 0) is 48.6 Å². The number of para-hydroxylation sites is 1. The first-order valence-electron chi connectivity index (χ1n) is 9.90. The molecule has 136 valence electrons. The number of nitrogens with one attached hydrogen (secondary N) is 1. The molecule has 0 spiro atoms. The molecule has 0 radical (unpaired) electrons. The van der Waals surface area contributed by atoms with Crippen LogP contribution in [0.3, 0.4) is 0 Å². The second-order valence-electron chi connectivity index (χ2n) is 7.33. The second-order valence-corrected chi connectivity index (χ2v) is 7.33. The van der Waals surface area contributed by atoms with E-state index < -0.39 is 0 Å². The average molecular weight is 348 g/mol. The normalized spacial score (nSPS) is 17.7. The quantitative estimate of drug-likeness (QED) is 0.793. The molecule has 2 heterocycles. The van der Waals surface area contributed by atoms with E-state index in [-0.39, 0.29) is 0 Å². The Bertz CT molecular complexity index is 738. The van der Waals surface area contributed by atoms with Gasteiger partial charge in [0.2, 0.25) is 0 Å². The lowest BCUT2D eigenvalue weighted by Crippen LogP contribution is -2.39. The Hall–Kier alpha value is -2.10. The van der Waals surface area contributed by atoms with Crippen LogP contribution in [0.4, 0.5) is 5.69 Å². The van der Waals surface area contributed by atoms with E-state index in [1.165, 1.54) is 54.7 Å². The van der Waals surface area contributed by atoms with Crippen LogP contribution in [0.25, 0.3) is 5.57 Å². The summed E-state index contributed by atoms with van der Waals surface area (Å²) in [7, 11) is 0. The van der Waals surface area contributed by atoms with Crippen LogP contribution in [-0.4, -0.2) is 37.7 Å². The number of benzene rings is 2. The molecule has 26 heavy (non-hydrogen) atoms. The fraction of sp³-hybridized carbons (Fsp3) is 0.391. The molecule has 4 rings (SSSR count). The summed E-state index contributed by atoms with van der Waals surface area (Å²) in [6.45, 7) is 6.61. The van der Waals surface area contributed by atoms with Gasteiger partial charge in [-0.1, -0.05) is 54.6 Å². The maximum Gasteiger partial charge on any atom is 0.0684 e. The van der Waals surface area contributed by atoms with E-state index in [0.717, 1.165) is 26.3 Å². The summed E-state index contributed by atoms with van der Waals surface area (Å²) in [4.78, 5) is 5.08. The van der Waals surface area contributed by atoms with Crippen LogP contribution in [0, 0.1) is 0 Å². The standard InChI is InChI=1S/C23H29N3/c1-2-8-20(9-3-1)21-12-16-25(17-13-21)14-6-7-15-26-19-24-18-22-10-4-5-11-23(22)26/h1-5,8-12,24H,6-7,13-19H2. The Morgan fingerprint density at radius 2 is 1.69 bits per heavy atom. The molecule has 0 amide bonds. The van der Waals surface area contributed by atoms with Crippen molar-refractivity contribution in [1.29, 1.82) is 0 Å². The summed E-state index contributed by atoms with van der Waals surface area (Å²) in [5, 5.41) is 3.51. The molecule has 0 atom stereocenters. The highest BCUT2D eigenvalue weighted by Gasteiger charge is 2.16. The predicted octanol–water partition coefficient (Wildman–Crippen LogP) is 4.12. The summed E-state index contributed by atoms with van der Waals surface area (Å²) >= 11 is 0. The van der Waals surface area contributed by atoms with Crippen molar-refractivity contribution in [2.45, 2.75) is 25.8 Å². The van der Waals surface area contributed by atoms with Gasteiger partial charge in [-0.3, -0.25) is 10.2 Å². The van der Waals surface area contributed by atoms with Crippen molar-refractivity contribution < 1.29 is 0 Å². The number of hydrogen-bond donors (Lipinski definition) is 1. The highest BCUT2D eigenvalue weighted by Crippen LogP contribution is 2.24. The van der Waals surface area contributed by atoms with E-state index in [9.17, 15) is 0 Å². The van der Waals surface area contributed by atoms with E-state index in [0.29, 0.717) is 0 Å². The molecule has 0 aliphatic carbocycles. The Morgan fingerprint density at radius 3 is 2.54 bits per heavy atom. The van der Waals surface area contributed by atoms with Gasteiger partial charge in [0.15, 0.2) is 0 Å². The van der Waals surface area contributed by atoms with Gasteiger partial charge in [-0.2, -0.15) is 0 Å². The maximum absolute atomic E-state index is 3.51. The van der Waals surface area contributed by atoms with Crippen molar-refractivity contribution in [1.82, 2.24) is 10.2 Å². The molecule has 2 aromatic carbocycles. The van der Waals surface area contributed by atoms with Crippen molar-refractivity contribution >= 4 is 11.3 Å². The van der Waals surface area contributed by atoms with Crippen LogP contribution in [-0.2, 0) is 6.54 Å². The molecule has 2 aliphatic rings. The maximum atomic E-state index is 3.51. The van der Waals surface area contributed by atoms with Gasteiger partial charge in [-0.25, -0.2) is 0 Å². The summed E-state index contributed by atoms with van der Waals surface area (Å²) in [5.74, 6) is 0. The lowest BCUT2D eigenvalue weighted by Gasteiger charge is -2.32. The van der Waals surface area contributed by atoms with E-state index in [1.54, 1.807) is 0 Å². The highest BCUT2D eigenvalue weighted by atomic mass is 15.2. The van der Waals surface area contributed by atoms with Crippen LogP contribution in [0.15, 0.2) is 60.7 Å². The van der Waals surface area contributed by atoms with Crippen LogP contribution in [0.5, 0.6) is 0 Å². The highest BCUT2D eigenvalue weighted by molar-refractivity contribution is 5.66. The molecule has 0 saturated heterocycles. The van der Waals surface area contributed by atoms with Crippen molar-refractivity contribution in [3.05, 3.63) is 71.8 Å². The molecular formula is C23H29N3. The zero-order valence-corrected chi connectivity index (χ0v) is 15.5. The number of anilines is 1. The number of rotatable bonds is 6. The lowest BCUT2D eigenvalue weighted by atomic mass is 9.99. The molecule has 3 nitrogen and oxygen atoms in total. The average Bonchev–Trinajstić information content (AvgIpc) is 2.72. The molecule has 2 aliphatic heterocycles. The SMILES string of the molecule is C1=C(c2ccccc2)CCN(CCCCN2CNCc3ccccc32)C1. The number of nitrogens with zero attached hydrogens (tertiary/aromatic N) is 2. The van der Waals surface area contributed by atoms with Crippen molar-refractivity contribution in [2.24, 2.45) is 0 Å². The van der Waals surface area contributed by atoms with E-state index in [1.807, 2.05) is 0 Å². The number of fused-ring (bicyclic) bond motifs is 1. The summed E-state index contributed by atoms with van der Waals surface area (Å²) < 4.78 is 0. The fourth-order valence-electron chi connectivity index (χ4n) is 4.05. The molecular weight excluding hydrogens is 318 g/mol. The number of hydrogen-bond acceptors (Lipinski definition) is 3. The summed E-state index contributed by atoms with van der Waals surface area (Å²) in [6, 6.07) is 19.6. The zero-order chi connectivity index (χ0) is 17.6. The molecule has 1 N–H and O–H groups in total. The monoisotopic (exact) mass is 347 g/mol. The summed E-state index contributed by atoms with van der Waals surface area (Å²) in [5.41, 5.74) is 5.74. The van der Waals surface area contributed by atoms with Crippen molar-refractivity contribution in [3.8, 4) is 0 Å². The van der Waals surface area contributed by atoms with Crippen LogP contribution < -0.4 is 10.2 Å². The fourth-order valence-corrected chi connectivity index (χ4v) is 4.05. The third-order valence-corrected chi connectivity index (χ3v) is 5.54. The number of unbranched alkanes of at least 4 members (excludes halogenated alkanes) is 1. The van der Waals surface area contributed by atoms with E-state index in [4.69, 9.17) is 0 Å². The molecule has 2 aromatic rings. The van der Waals surface area contributed by atoms with Crippen molar-refractivity contribution in [2.75, 3.05) is 37.7 Å². The molecule has 0 aromatic heterocycles. The lowest BCUT2D eigenvalue weighted by molar-refractivity contribution is 0.295. The second kappa shape index (κ2) is 8.52. The van der Waals surface area contributed by atoms with Crippen LogP contribution in [0.2, 0.25) is 0 Å². The van der Waals surface area contributed by atoms with Crippen LogP contribution in [0.1, 0.15) is 30.4 Å². The van der Waals surface area contributed by atoms with E-state index in [2.05, 4.69) is 75.8 Å². The minimum atomic E-state index is 0.976. The minimum absolute atomic E-state index is 0.976. The first-order chi connectivity index (χ1) is 12.9. The Kier molecular flexibility index (Phi) is 5.68. The van der Waals surface area contributed by atoms with Gasteiger partial charge < -0.3 is 4.90 Å². The molecule has 0 fully saturated rings. The van der Waals surface area contributed by atoms with Crippen LogP contribution >= 0.6 is 0 Å². The van der Waals surface area contributed by atoms with E-state index >= 15 is 0 Å². The largest absolute Gasteiger partial charge is 0.358 e. The Labute approximate surface area is 157 Å². The topological polar surface area (TPSA) is 18.5 Å². The third-order valence-electron chi connectivity index (χ3n) is 5.54. The minimum Gasteiger partial charge on any atom is -0.358 e. The third kappa shape index (κ3) is 4.17. The zero-order valence-electron chi connectivity index (χ0n) is 15.5. The molecule has 3 heteroatoms. The molecule has 0 unspecified atom stereocenters. The Balaban J connectivity index is 1.21. The predicted molar refractivity (Wildman–Crippen MR) is 110 cm³/mol. The smallest absolute Gasteiger partial charge is 0.0684 e. The van der Waals surface area contributed by atoms with Gasteiger partial charge in [0.05, 0.1) is 6.67 Å². The summed E-state index contributed by atoms with van der Waals surface area (Å²) in [6.07, 6.45) is 6.12. The van der Waals surface area contributed by atoms with Gasteiger partial charge >= 0.3 is 0 Å². The first kappa shape index (κ1) is 17.3. The van der Waals surface area contributed by atoms with Gasteiger partial charge in [-0.15, -0.1) is 0 Å².